The predicted octanol–water partition coefficient (Wildman–Crippen LogP) is 1.19. The largest absolute Gasteiger partial charge is 0.314 e. The Kier molecular flexibility index (Phi) is 3.04. The normalized spacial score (nSPS) is 18.1. The molecule has 1 aromatic heterocycles. The lowest BCUT2D eigenvalue weighted by atomic mass is 9.95. The molecular formula is C12H12N4OS. The third-order valence-corrected chi connectivity index (χ3v) is 3.59. The van der Waals surface area contributed by atoms with E-state index in [4.69, 9.17) is 0 Å². The first kappa shape index (κ1) is 11.3. The van der Waals surface area contributed by atoms with Crippen LogP contribution >= 0.6 is 11.5 Å². The Labute approximate surface area is 108 Å². The van der Waals surface area contributed by atoms with E-state index in [1.807, 2.05) is 12.1 Å². The Morgan fingerprint density at radius 3 is 3.00 bits per heavy atom. The molecule has 0 bridgehead atoms. The minimum atomic E-state index is -0.193. The molecule has 1 amide bonds. The number of fused-ring (bicyclic) bond motifs is 1. The topological polar surface area (TPSA) is 66.9 Å². The van der Waals surface area contributed by atoms with Gasteiger partial charge in [-0.15, -0.1) is 5.10 Å². The van der Waals surface area contributed by atoms with Crippen molar-refractivity contribution in [1.82, 2.24) is 14.9 Å². The number of amides is 1. The highest BCUT2D eigenvalue weighted by molar-refractivity contribution is 7.10. The molecule has 0 radical (unpaired) electrons. The SMILES string of the molecule is O=C(Nc1cnns1)[C@@H]1Cc2ccccc2CN1. The monoisotopic (exact) mass is 260 g/mol. The molecule has 2 heterocycles. The fourth-order valence-electron chi connectivity index (χ4n) is 2.07. The van der Waals surface area contributed by atoms with E-state index in [0.29, 0.717) is 11.4 Å². The van der Waals surface area contributed by atoms with Crippen molar-refractivity contribution in [3.05, 3.63) is 41.6 Å². The van der Waals surface area contributed by atoms with Crippen LogP contribution in [-0.4, -0.2) is 21.5 Å². The van der Waals surface area contributed by atoms with E-state index in [2.05, 4.69) is 32.4 Å². The van der Waals surface area contributed by atoms with Crippen LogP contribution in [0.5, 0.6) is 0 Å². The summed E-state index contributed by atoms with van der Waals surface area (Å²) in [5.41, 5.74) is 2.50. The van der Waals surface area contributed by atoms with Gasteiger partial charge in [0.1, 0.15) is 5.00 Å². The predicted molar refractivity (Wildman–Crippen MR) is 69.3 cm³/mol. The van der Waals surface area contributed by atoms with Crippen molar-refractivity contribution in [2.75, 3.05) is 5.32 Å². The summed E-state index contributed by atoms with van der Waals surface area (Å²) in [4.78, 5) is 12.1. The van der Waals surface area contributed by atoms with Crippen molar-refractivity contribution in [1.29, 1.82) is 0 Å². The highest BCUT2D eigenvalue weighted by atomic mass is 32.1. The molecule has 3 rings (SSSR count). The number of hydrogen-bond donors (Lipinski definition) is 2. The number of anilines is 1. The van der Waals surface area contributed by atoms with Crippen molar-refractivity contribution >= 4 is 22.4 Å². The van der Waals surface area contributed by atoms with Crippen molar-refractivity contribution in [2.24, 2.45) is 0 Å². The van der Waals surface area contributed by atoms with Gasteiger partial charge in [0.2, 0.25) is 5.91 Å². The molecule has 2 aromatic rings. The number of nitrogens with one attached hydrogen (secondary N) is 2. The maximum atomic E-state index is 12.1. The molecule has 0 saturated heterocycles. The van der Waals surface area contributed by atoms with Gasteiger partial charge in [0.25, 0.3) is 0 Å². The van der Waals surface area contributed by atoms with Gasteiger partial charge >= 0.3 is 0 Å². The molecule has 0 fully saturated rings. The molecule has 0 saturated carbocycles. The summed E-state index contributed by atoms with van der Waals surface area (Å²) in [7, 11) is 0. The average Bonchev–Trinajstić information content (AvgIpc) is 2.91. The molecule has 18 heavy (non-hydrogen) atoms. The number of rotatable bonds is 2. The lowest BCUT2D eigenvalue weighted by Gasteiger charge is -2.24. The second-order valence-electron chi connectivity index (χ2n) is 4.18. The Balaban J connectivity index is 1.70. The summed E-state index contributed by atoms with van der Waals surface area (Å²) < 4.78 is 3.71. The van der Waals surface area contributed by atoms with Crippen LogP contribution in [0.25, 0.3) is 0 Å². The summed E-state index contributed by atoms with van der Waals surface area (Å²) in [6.07, 6.45) is 2.27. The minimum Gasteiger partial charge on any atom is -0.314 e. The average molecular weight is 260 g/mol. The van der Waals surface area contributed by atoms with E-state index in [-0.39, 0.29) is 11.9 Å². The number of benzene rings is 1. The van der Waals surface area contributed by atoms with Gasteiger partial charge in [-0.2, -0.15) is 0 Å². The lowest BCUT2D eigenvalue weighted by molar-refractivity contribution is -0.118. The summed E-state index contributed by atoms with van der Waals surface area (Å²) in [6, 6.07) is 7.99. The molecule has 1 aliphatic rings. The van der Waals surface area contributed by atoms with Crippen LogP contribution in [0, 0.1) is 0 Å². The molecule has 1 atom stereocenters. The maximum Gasteiger partial charge on any atom is 0.242 e. The van der Waals surface area contributed by atoms with Crippen LogP contribution in [0.4, 0.5) is 5.00 Å². The van der Waals surface area contributed by atoms with Gasteiger partial charge in [0.05, 0.1) is 12.2 Å². The second-order valence-corrected chi connectivity index (χ2v) is 4.96. The minimum absolute atomic E-state index is 0.0319. The summed E-state index contributed by atoms with van der Waals surface area (Å²) in [5, 5.41) is 10.4. The zero-order valence-electron chi connectivity index (χ0n) is 9.59. The molecule has 6 heteroatoms. The highest BCUT2D eigenvalue weighted by Crippen LogP contribution is 2.17. The first-order chi connectivity index (χ1) is 8.83. The van der Waals surface area contributed by atoms with Crippen LogP contribution in [0.2, 0.25) is 0 Å². The number of carbonyl (C=O) groups excluding carboxylic acids is 1. The van der Waals surface area contributed by atoms with Gasteiger partial charge in [-0.05, 0) is 17.5 Å². The molecule has 0 aliphatic carbocycles. The smallest absolute Gasteiger partial charge is 0.242 e. The highest BCUT2D eigenvalue weighted by Gasteiger charge is 2.24. The Morgan fingerprint density at radius 2 is 2.22 bits per heavy atom. The van der Waals surface area contributed by atoms with E-state index < -0.39 is 0 Å². The van der Waals surface area contributed by atoms with E-state index in [9.17, 15) is 4.79 Å². The first-order valence-corrected chi connectivity index (χ1v) is 6.48. The number of carbonyl (C=O) groups is 1. The van der Waals surface area contributed by atoms with E-state index in [1.165, 1.54) is 22.7 Å². The Morgan fingerprint density at radius 1 is 1.39 bits per heavy atom. The zero-order chi connectivity index (χ0) is 12.4. The quantitative estimate of drug-likeness (QED) is 0.851. The van der Waals surface area contributed by atoms with E-state index >= 15 is 0 Å². The third-order valence-electron chi connectivity index (χ3n) is 3.01. The van der Waals surface area contributed by atoms with Gasteiger partial charge in [-0.25, -0.2) is 0 Å². The summed E-state index contributed by atoms with van der Waals surface area (Å²) in [6.45, 7) is 0.731. The third kappa shape index (κ3) is 2.25. The molecule has 1 aromatic carbocycles. The Hall–Kier alpha value is -1.79. The van der Waals surface area contributed by atoms with Crippen LogP contribution in [0.15, 0.2) is 30.5 Å². The van der Waals surface area contributed by atoms with Crippen molar-refractivity contribution in [2.45, 2.75) is 19.0 Å². The molecule has 0 spiro atoms. The maximum absolute atomic E-state index is 12.1. The van der Waals surface area contributed by atoms with E-state index in [1.54, 1.807) is 6.20 Å². The standard InChI is InChI=1S/C12H12N4OS/c17-12(15-11-7-14-16-18-11)10-5-8-3-1-2-4-9(8)6-13-10/h1-4,7,10,13H,5-6H2,(H,15,17)/t10-/m0/s1. The molecule has 92 valence electrons. The molecule has 2 N–H and O–H groups in total. The molecule has 1 aliphatic heterocycles. The van der Waals surface area contributed by atoms with Gasteiger partial charge in [-0.3, -0.25) is 4.79 Å². The van der Waals surface area contributed by atoms with Crippen molar-refractivity contribution in [3.63, 3.8) is 0 Å². The molecule has 0 unspecified atom stereocenters. The fourth-order valence-corrected chi connectivity index (χ4v) is 2.49. The Bertz CT molecular complexity index is 555. The summed E-state index contributed by atoms with van der Waals surface area (Å²) >= 11 is 1.18. The van der Waals surface area contributed by atoms with Crippen LogP contribution in [0.1, 0.15) is 11.1 Å². The van der Waals surface area contributed by atoms with Gasteiger partial charge < -0.3 is 10.6 Å². The van der Waals surface area contributed by atoms with Gasteiger partial charge in [0, 0.05) is 18.1 Å². The fraction of sp³-hybridized carbons (Fsp3) is 0.250. The summed E-state index contributed by atoms with van der Waals surface area (Å²) in [5.74, 6) is -0.0319. The molecular weight excluding hydrogens is 248 g/mol. The van der Waals surface area contributed by atoms with Gasteiger partial charge in [-0.1, -0.05) is 28.8 Å². The van der Waals surface area contributed by atoms with Gasteiger partial charge in [0.15, 0.2) is 0 Å². The number of nitrogens with zero attached hydrogens (tertiary/aromatic N) is 2. The first-order valence-electron chi connectivity index (χ1n) is 5.71. The van der Waals surface area contributed by atoms with E-state index in [0.717, 1.165) is 6.54 Å². The van der Waals surface area contributed by atoms with Crippen molar-refractivity contribution < 1.29 is 4.79 Å². The van der Waals surface area contributed by atoms with Crippen molar-refractivity contribution in [3.8, 4) is 0 Å². The van der Waals surface area contributed by atoms with Crippen LogP contribution in [-0.2, 0) is 17.8 Å². The second kappa shape index (κ2) is 4.83. The van der Waals surface area contributed by atoms with Crippen LogP contribution in [0.3, 0.4) is 0 Å². The zero-order valence-corrected chi connectivity index (χ0v) is 10.4. The van der Waals surface area contributed by atoms with Crippen LogP contribution < -0.4 is 10.6 Å². The number of aromatic nitrogens is 2. The number of hydrogen-bond acceptors (Lipinski definition) is 5. The molecule has 5 nitrogen and oxygen atoms in total. The lowest BCUT2D eigenvalue weighted by Crippen LogP contribution is -2.44.